The molecule has 0 bridgehead atoms. The van der Waals surface area contributed by atoms with Gasteiger partial charge in [0.05, 0.1) is 0 Å². The van der Waals surface area contributed by atoms with E-state index in [-0.39, 0.29) is 47.9 Å². The molecule has 0 aliphatic heterocycles. The molecule has 2 nitrogen and oxygen atoms in total. The van der Waals surface area contributed by atoms with Crippen molar-refractivity contribution in [2.45, 2.75) is 0 Å². The Labute approximate surface area is 60.8 Å². The molecular weight excluding hydrogens is 191 g/mol. The molecule has 0 aromatic heterocycles. The Balaban J connectivity index is -0.00000000167. The van der Waals surface area contributed by atoms with Gasteiger partial charge in [-0.1, -0.05) is 0 Å². The summed E-state index contributed by atoms with van der Waals surface area (Å²) in [6.07, 6.45) is 0. The van der Waals surface area contributed by atoms with Crippen LogP contribution in [0.1, 0.15) is 0 Å². The minimum Gasteiger partial charge on any atom is -0.344 e. The first kappa shape index (κ1) is 40.1. The molecule has 0 aliphatic rings. The van der Waals surface area contributed by atoms with Gasteiger partial charge in [-0.15, -0.1) is 13.2 Å². The number of hydrogen-bond donors (Lipinski definition) is 2. The van der Waals surface area contributed by atoms with Gasteiger partial charge in [-0.2, -0.15) is 0 Å². The van der Waals surface area contributed by atoms with E-state index in [1.54, 1.807) is 0 Å². The predicted octanol–water partition coefficient (Wildman–Crippen LogP) is 1.13. The van der Waals surface area contributed by atoms with Crippen LogP contribution in [0, 0.1) is 35.6 Å². The predicted molar refractivity (Wildman–Crippen MR) is 21.3 cm³/mol. The Morgan fingerprint density at radius 1 is 0.800 bits per heavy atom. The van der Waals surface area contributed by atoms with Crippen LogP contribution in [0.2, 0.25) is 0 Å². The average Bonchev–Trinajstić information content (AvgIpc) is 1.00. The van der Waals surface area contributed by atoms with Gasteiger partial charge in [-0.05, 0) is 0 Å². The van der Waals surface area contributed by atoms with Crippen molar-refractivity contribution in [1.82, 2.24) is 12.3 Å². The van der Waals surface area contributed by atoms with Crippen molar-refractivity contribution in [3.05, 3.63) is 13.2 Å². The summed E-state index contributed by atoms with van der Waals surface area (Å²) in [5.41, 5.74) is 0. The van der Waals surface area contributed by atoms with E-state index in [9.17, 15) is 0 Å². The molecule has 3 heteroatoms. The molecule has 0 aromatic rings. The third kappa shape index (κ3) is 54.1. The van der Waals surface area contributed by atoms with Gasteiger partial charge in [0.25, 0.3) is 0 Å². The molecule has 0 fully saturated rings. The maximum absolute atomic E-state index is 3.00. The second-order valence-corrected chi connectivity index (χ2v) is 0. The van der Waals surface area contributed by atoms with Crippen LogP contribution in [0.3, 0.4) is 0 Å². The van der Waals surface area contributed by atoms with Crippen LogP contribution in [0.25, 0.3) is 0 Å². The van der Waals surface area contributed by atoms with Gasteiger partial charge in [0, 0.05) is 0 Å². The second-order valence-electron chi connectivity index (χ2n) is 0. The van der Waals surface area contributed by atoms with E-state index in [4.69, 9.17) is 0 Å². The molecule has 0 aromatic carbocycles. The smallest absolute Gasteiger partial charge is 0.344 e. The van der Waals surface area contributed by atoms with Crippen LogP contribution in [-0.2, 0) is 0 Å². The van der Waals surface area contributed by atoms with Crippen molar-refractivity contribution < 1.29 is 35.6 Å². The van der Waals surface area contributed by atoms with Gasteiger partial charge in [0.15, 0.2) is 0 Å². The molecule has 0 rings (SSSR count). The first-order valence-corrected chi connectivity index (χ1v) is 0.500. The van der Waals surface area contributed by atoms with E-state index < -0.39 is 0 Å². The summed E-state index contributed by atoms with van der Waals surface area (Å²) < 4.78 is 0. The minimum absolute atomic E-state index is 0. The van der Waals surface area contributed by atoms with Crippen molar-refractivity contribution in [3.8, 4) is 0 Å². The summed E-state index contributed by atoms with van der Waals surface area (Å²) in [6.45, 7) is 6.00. The molecule has 0 aliphatic carbocycles. The van der Waals surface area contributed by atoms with Gasteiger partial charge >= 0.3 is 35.6 Å². The molecular formula is C2H10LaN2+3. The second kappa shape index (κ2) is 98.7. The summed E-state index contributed by atoms with van der Waals surface area (Å²) in [5.74, 6) is 0. The molecule has 0 unspecified atom stereocenters. The zero-order valence-electron chi connectivity index (χ0n) is 3.41. The van der Waals surface area contributed by atoms with Crippen LogP contribution in [0.15, 0.2) is 13.2 Å². The summed E-state index contributed by atoms with van der Waals surface area (Å²) in [6, 6.07) is 0. The Kier molecular flexibility index (Phi) is 792. The summed E-state index contributed by atoms with van der Waals surface area (Å²) in [7, 11) is 0. The molecule has 0 saturated heterocycles. The first-order valence-electron chi connectivity index (χ1n) is 0.500. The van der Waals surface area contributed by atoms with Crippen LogP contribution in [0.5, 0.6) is 0 Å². The van der Waals surface area contributed by atoms with E-state index >= 15 is 0 Å². The van der Waals surface area contributed by atoms with Crippen LogP contribution < -0.4 is 12.3 Å². The Morgan fingerprint density at radius 2 is 0.800 bits per heavy atom. The van der Waals surface area contributed by atoms with E-state index in [1.807, 2.05) is 0 Å². The van der Waals surface area contributed by atoms with Gasteiger partial charge in [0.1, 0.15) is 0 Å². The summed E-state index contributed by atoms with van der Waals surface area (Å²) in [4.78, 5) is 0. The van der Waals surface area contributed by atoms with E-state index in [0.717, 1.165) is 0 Å². The molecule has 0 saturated carbocycles. The summed E-state index contributed by atoms with van der Waals surface area (Å²) in [5, 5.41) is 0. The van der Waals surface area contributed by atoms with E-state index in [0.29, 0.717) is 0 Å². The van der Waals surface area contributed by atoms with E-state index in [1.165, 1.54) is 0 Å². The molecule has 0 amide bonds. The van der Waals surface area contributed by atoms with Crippen molar-refractivity contribution in [1.29, 1.82) is 0 Å². The van der Waals surface area contributed by atoms with Gasteiger partial charge in [-0.3, -0.25) is 0 Å². The molecule has 0 atom stereocenters. The zero-order chi connectivity index (χ0) is 2.00. The maximum Gasteiger partial charge on any atom is 3.00 e. The molecule has 0 radical (unpaired) electrons. The third-order valence-corrected chi connectivity index (χ3v) is 0. The molecule has 0 spiro atoms. The van der Waals surface area contributed by atoms with Gasteiger partial charge in [0.2, 0.25) is 0 Å². The Hall–Kier alpha value is 0.855. The Morgan fingerprint density at radius 3 is 0.800 bits per heavy atom. The SMILES string of the molecule is C=C.N.N.[La+3]. The fourth-order valence-corrected chi connectivity index (χ4v) is 0. The number of rotatable bonds is 0. The van der Waals surface area contributed by atoms with Gasteiger partial charge in [-0.25, -0.2) is 0 Å². The van der Waals surface area contributed by atoms with Crippen molar-refractivity contribution in [3.63, 3.8) is 0 Å². The summed E-state index contributed by atoms with van der Waals surface area (Å²) >= 11 is 0. The molecule has 28 valence electrons. The Bertz CT molecular complexity index is 7.61. The van der Waals surface area contributed by atoms with Gasteiger partial charge < -0.3 is 12.3 Å². The van der Waals surface area contributed by atoms with E-state index in [2.05, 4.69) is 13.2 Å². The standard InChI is InChI=1S/C2H4.La.2H3N/c1-2;;;/h1-2H2;;2*1H3/q;+3;;. The van der Waals surface area contributed by atoms with Crippen LogP contribution >= 0.6 is 0 Å². The van der Waals surface area contributed by atoms with Crippen molar-refractivity contribution >= 4 is 0 Å². The fourth-order valence-electron chi connectivity index (χ4n) is 0. The zero-order valence-corrected chi connectivity index (χ0v) is 7.03. The largest absolute Gasteiger partial charge is 3.00 e. The van der Waals surface area contributed by atoms with Crippen molar-refractivity contribution in [2.24, 2.45) is 0 Å². The maximum atomic E-state index is 3.00. The first-order chi connectivity index (χ1) is 1.00. The average molecular weight is 201 g/mol. The van der Waals surface area contributed by atoms with Crippen LogP contribution in [-0.4, -0.2) is 0 Å². The van der Waals surface area contributed by atoms with Crippen LogP contribution in [0.4, 0.5) is 0 Å². The quantitative estimate of drug-likeness (QED) is 0.576. The normalized spacial score (nSPS) is 0.800. The molecule has 0 heterocycles. The molecule has 5 heavy (non-hydrogen) atoms. The molecule has 6 N–H and O–H groups in total. The minimum atomic E-state index is 0. The fraction of sp³-hybridized carbons (Fsp3) is 0. The number of hydrogen-bond acceptors (Lipinski definition) is 2. The monoisotopic (exact) mass is 201 g/mol. The topological polar surface area (TPSA) is 70.0 Å². The van der Waals surface area contributed by atoms with Crippen molar-refractivity contribution in [2.75, 3.05) is 0 Å². The third-order valence-electron chi connectivity index (χ3n) is 0.